The summed E-state index contributed by atoms with van der Waals surface area (Å²) in [5.74, 6) is 1.34. The predicted octanol–water partition coefficient (Wildman–Crippen LogP) is 5.06. The first-order chi connectivity index (χ1) is 21.8. The molecule has 1 aliphatic heterocycles. The molecule has 0 spiro atoms. The van der Waals surface area contributed by atoms with Crippen LogP contribution in [-0.2, 0) is 4.79 Å². The van der Waals surface area contributed by atoms with Gasteiger partial charge in [0.05, 0.1) is 52.6 Å². The van der Waals surface area contributed by atoms with Crippen LogP contribution in [0.25, 0.3) is 17.4 Å². The molecule has 1 amide bonds. The SMILES string of the molecule is COc1ccc([C@@H]2C(C(=O)Nc3ccccc3)=C(C)N=c3s/c(=C/c4ccc(-c5ccc([N+](=O)[O-])cc5OC)o4)c(=O)n32)cc1. The highest BCUT2D eigenvalue weighted by atomic mass is 32.1. The van der Waals surface area contributed by atoms with Gasteiger partial charge >= 0.3 is 0 Å². The first kappa shape index (κ1) is 29.3. The van der Waals surface area contributed by atoms with Gasteiger partial charge in [-0.25, -0.2) is 4.99 Å². The molecule has 1 aliphatic rings. The van der Waals surface area contributed by atoms with E-state index in [1.165, 1.54) is 35.1 Å². The van der Waals surface area contributed by atoms with E-state index in [9.17, 15) is 19.7 Å². The molecule has 0 saturated carbocycles. The van der Waals surface area contributed by atoms with Crippen LogP contribution in [-0.4, -0.2) is 29.6 Å². The number of furan rings is 1. The Labute approximate surface area is 260 Å². The first-order valence-corrected chi connectivity index (χ1v) is 14.5. The Morgan fingerprint density at radius 1 is 1.04 bits per heavy atom. The van der Waals surface area contributed by atoms with Gasteiger partial charge in [0, 0.05) is 17.8 Å². The Morgan fingerprint density at radius 2 is 1.80 bits per heavy atom. The number of nitro benzene ring substituents is 1. The second-order valence-electron chi connectivity index (χ2n) is 10.0. The number of nitrogens with zero attached hydrogens (tertiary/aromatic N) is 3. The summed E-state index contributed by atoms with van der Waals surface area (Å²) in [4.78, 5) is 43.5. The number of rotatable bonds is 8. The van der Waals surface area contributed by atoms with E-state index < -0.39 is 11.0 Å². The van der Waals surface area contributed by atoms with E-state index in [0.29, 0.717) is 54.7 Å². The summed E-state index contributed by atoms with van der Waals surface area (Å²) < 4.78 is 18.6. The number of carbonyl (C=O) groups is 1. The molecule has 1 N–H and O–H groups in total. The maximum Gasteiger partial charge on any atom is 0.273 e. The fourth-order valence-electron chi connectivity index (χ4n) is 5.13. The van der Waals surface area contributed by atoms with Crippen LogP contribution in [0.4, 0.5) is 11.4 Å². The number of hydrogen-bond acceptors (Lipinski definition) is 9. The highest BCUT2D eigenvalue weighted by Crippen LogP contribution is 2.35. The fourth-order valence-corrected chi connectivity index (χ4v) is 6.16. The summed E-state index contributed by atoms with van der Waals surface area (Å²) in [5, 5.41) is 14.1. The Hall–Kier alpha value is -5.75. The largest absolute Gasteiger partial charge is 0.497 e. The van der Waals surface area contributed by atoms with E-state index in [0.717, 1.165) is 0 Å². The van der Waals surface area contributed by atoms with Crippen LogP contribution < -0.4 is 29.7 Å². The van der Waals surface area contributed by atoms with Gasteiger partial charge in [0.2, 0.25) is 0 Å². The number of nitro groups is 1. The number of hydrogen-bond donors (Lipinski definition) is 1. The van der Waals surface area contributed by atoms with E-state index in [1.54, 1.807) is 62.6 Å². The van der Waals surface area contributed by atoms with E-state index >= 15 is 0 Å². The number of amides is 1. The topological polar surface area (TPSA) is 138 Å². The quantitative estimate of drug-likeness (QED) is 0.189. The number of carbonyl (C=O) groups excluding carboxylic acids is 1. The second-order valence-corrected chi connectivity index (χ2v) is 11.0. The van der Waals surface area contributed by atoms with Crippen molar-refractivity contribution in [2.24, 2.45) is 4.99 Å². The van der Waals surface area contributed by atoms with Crippen molar-refractivity contribution in [1.29, 1.82) is 0 Å². The third-order valence-corrected chi connectivity index (χ3v) is 8.27. The van der Waals surface area contributed by atoms with Gasteiger partial charge in [0.15, 0.2) is 4.80 Å². The molecule has 2 aromatic heterocycles. The highest BCUT2D eigenvalue weighted by molar-refractivity contribution is 7.07. The smallest absolute Gasteiger partial charge is 0.273 e. The molecule has 3 heterocycles. The van der Waals surface area contributed by atoms with Crippen LogP contribution in [0.2, 0.25) is 0 Å². The molecule has 0 fully saturated rings. The van der Waals surface area contributed by atoms with Gasteiger partial charge in [0.25, 0.3) is 17.2 Å². The van der Waals surface area contributed by atoms with Gasteiger partial charge in [-0.05, 0) is 55.0 Å². The first-order valence-electron chi connectivity index (χ1n) is 13.7. The number of aromatic nitrogens is 1. The summed E-state index contributed by atoms with van der Waals surface area (Å²) in [6.07, 6.45) is 1.61. The van der Waals surface area contributed by atoms with Crippen molar-refractivity contribution in [2.45, 2.75) is 13.0 Å². The Balaban J connectivity index is 1.43. The summed E-state index contributed by atoms with van der Waals surface area (Å²) in [7, 11) is 2.99. The molecule has 0 unspecified atom stereocenters. The van der Waals surface area contributed by atoms with Gasteiger partial charge in [-0.1, -0.05) is 41.7 Å². The van der Waals surface area contributed by atoms with Crippen LogP contribution in [0.1, 0.15) is 24.3 Å². The Kier molecular flexibility index (Phi) is 7.88. The van der Waals surface area contributed by atoms with E-state index in [2.05, 4.69) is 10.3 Å². The van der Waals surface area contributed by atoms with Gasteiger partial charge in [0.1, 0.15) is 23.0 Å². The standard InChI is InChI=1S/C33H26N4O7S/c1-19-29(31(38)35-21-7-5-4-6-8-21)30(20-9-12-23(42-2)13-10-20)36-32(39)28(45-33(36)34-19)18-24-14-16-26(44-24)25-15-11-22(37(40)41)17-27(25)43-3/h4-18,30H,1-3H3,(H,35,38)/b28-18+/t30-/m1/s1. The van der Waals surface area contributed by atoms with Crippen LogP contribution in [0.3, 0.4) is 0 Å². The normalized spacial score (nSPS) is 14.5. The molecule has 6 rings (SSSR count). The summed E-state index contributed by atoms with van der Waals surface area (Å²) in [6.45, 7) is 1.75. The maximum absolute atomic E-state index is 14.0. The van der Waals surface area contributed by atoms with Crippen molar-refractivity contribution in [3.63, 3.8) is 0 Å². The molecule has 45 heavy (non-hydrogen) atoms. The monoisotopic (exact) mass is 622 g/mol. The van der Waals surface area contributed by atoms with E-state index in [1.807, 2.05) is 30.3 Å². The second kappa shape index (κ2) is 12.1. The molecule has 226 valence electrons. The third kappa shape index (κ3) is 5.66. The van der Waals surface area contributed by atoms with E-state index in [4.69, 9.17) is 13.9 Å². The van der Waals surface area contributed by atoms with Gasteiger partial charge < -0.3 is 19.2 Å². The van der Waals surface area contributed by atoms with Crippen LogP contribution in [0.5, 0.6) is 11.5 Å². The number of nitrogens with one attached hydrogen (secondary N) is 1. The average Bonchev–Trinajstić information content (AvgIpc) is 3.64. The molecule has 3 aromatic carbocycles. The zero-order chi connectivity index (χ0) is 31.7. The molecule has 0 bridgehead atoms. The molecule has 11 nitrogen and oxygen atoms in total. The molecule has 5 aromatic rings. The lowest BCUT2D eigenvalue weighted by Crippen LogP contribution is -2.40. The Morgan fingerprint density at radius 3 is 2.49 bits per heavy atom. The van der Waals surface area contributed by atoms with Crippen LogP contribution >= 0.6 is 11.3 Å². The molecule has 0 saturated heterocycles. The zero-order valence-corrected chi connectivity index (χ0v) is 25.2. The van der Waals surface area contributed by atoms with Crippen molar-refractivity contribution < 1.29 is 23.6 Å². The lowest BCUT2D eigenvalue weighted by atomic mass is 9.95. The fraction of sp³-hybridized carbons (Fsp3) is 0.121. The minimum Gasteiger partial charge on any atom is -0.497 e. The van der Waals surface area contributed by atoms with Crippen molar-refractivity contribution >= 4 is 34.7 Å². The van der Waals surface area contributed by atoms with Gasteiger partial charge in [-0.3, -0.25) is 24.3 Å². The van der Waals surface area contributed by atoms with Gasteiger partial charge in [-0.2, -0.15) is 0 Å². The number of fused-ring (bicyclic) bond motifs is 1. The number of ether oxygens (including phenoxy) is 2. The summed E-state index contributed by atoms with van der Waals surface area (Å²) >= 11 is 1.18. The molecular formula is C33H26N4O7S. The van der Waals surface area contributed by atoms with Crippen LogP contribution in [0.15, 0.2) is 110 Å². The predicted molar refractivity (Wildman–Crippen MR) is 169 cm³/mol. The lowest BCUT2D eigenvalue weighted by molar-refractivity contribution is -0.384. The number of thiazole rings is 1. The lowest BCUT2D eigenvalue weighted by Gasteiger charge is -2.25. The van der Waals surface area contributed by atoms with E-state index in [-0.39, 0.29) is 22.9 Å². The highest BCUT2D eigenvalue weighted by Gasteiger charge is 2.32. The number of benzene rings is 3. The van der Waals surface area contributed by atoms with Crippen molar-refractivity contribution in [2.75, 3.05) is 19.5 Å². The maximum atomic E-state index is 14.0. The molecule has 0 radical (unpaired) electrons. The zero-order valence-electron chi connectivity index (χ0n) is 24.3. The molecule has 1 atom stereocenters. The molecular weight excluding hydrogens is 596 g/mol. The minimum absolute atomic E-state index is 0.109. The van der Waals surface area contributed by atoms with Crippen molar-refractivity contribution in [1.82, 2.24) is 4.57 Å². The molecule has 0 aliphatic carbocycles. The van der Waals surface area contributed by atoms with Crippen molar-refractivity contribution in [3.05, 3.63) is 137 Å². The number of allylic oxidation sites excluding steroid dienone is 1. The number of para-hydroxylation sites is 1. The number of non-ortho nitro benzene ring substituents is 1. The van der Waals surface area contributed by atoms with Crippen molar-refractivity contribution in [3.8, 4) is 22.8 Å². The summed E-state index contributed by atoms with van der Waals surface area (Å²) in [5.41, 5.74) is 2.23. The molecule has 12 heteroatoms. The minimum atomic E-state index is -0.755. The third-order valence-electron chi connectivity index (χ3n) is 7.29. The number of anilines is 1. The Bertz CT molecular complexity index is 2150. The average molecular weight is 623 g/mol. The van der Waals surface area contributed by atoms with Gasteiger partial charge in [-0.15, -0.1) is 0 Å². The number of methoxy groups -OCH3 is 2. The van der Waals surface area contributed by atoms with Crippen LogP contribution in [0, 0.1) is 10.1 Å². The summed E-state index contributed by atoms with van der Waals surface area (Å²) in [6, 6.07) is 23.2.